The van der Waals surface area contributed by atoms with Gasteiger partial charge in [0.15, 0.2) is 0 Å². The molecule has 0 radical (unpaired) electrons. The van der Waals surface area contributed by atoms with E-state index in [-0.39, 0.29) is 5.16 Å². The van der Waals surface area contributed by atoms with Crippen LogP contribution >= 0.6 is 8.81 Å². The van der Waals surface area contributed by atoms with E-state index in [1.807, 2.05) is 0 Å². The third-order valence-electron chi connectivity index (χ3n) is 3.62. The molecule has 0 aliphatic rings. The highest BCUT2D eigenvalue weighted by atomic mass is 31.1. The van der Waals surface area contributed by atoms with E-state index in [0.29, 0.717) is 0 Å². The molecule has 21 heavy (non-hydrogen) atoms. The Balaban J connectivity index is 4.81. The van der Waals surface area contributed by atoms with E-state index in [4.69, 9.17) is 0 Å². The number of unbranched alkanes of at least 4 members (excludes halogenated alkanes) is 3. The topological polar surface area (TPSA) is 26.3 Å². The maximum Gasteiger partial charge on any atom is 0.491 e. The molecule has 0 aromatic heterocycles. The Bertz CT molecular complexity index is 271. The summed E-state index contributed by atoms with van der Waals surface area (Å²) >= 11 is 0. The largest absolute Gasteiger partial charge is 0.491 e. The third kappa shape index (κ3) is 8.65. The lowest BCUT2D eigenvalue weighted by Crippen LogP contribution is -2.28. The molecule has 0 rings (SSSR count). The van der Waals surface area contributed by atoms with E-state index in [1.54, 1.807) is 0 Å². The molecule has 0 aliphatic heterocycles. The standard InChI is InChI=1S/C15H28F3O2P/c1-4-7-10-14(11-8-5-2,12-9-6-3)21-20-13(19)15(16,17)18/h21H,4-12H2,1-3H3. The van der Waals surface area contributed by atoms with Gasteiger partial charge >= 0.3 is 12.1 Å². The second-order valence-corrected chi connectivity index (χ2v) is 7.05. The summed E-state index contributed by atoms with van der Waals surface area (Å²) in [6.45, 7) is 6.19. The number of carbonyl (C=O) groups is 1. The second kappa shape index (κ2) is 10.4. The van der Waals surface area contributed by atoms with Crippen LogP contribution < -0.4 is 0 Å². The Morgan fingerprint density at radius 2 is 1.29 bits per heavy atom. The fraction of sp³-hybridized carbons (Fsp3) is 0.933. The Morgan fingerprint density at radius 1 is 0.905 bits per heavy atom. The molecule has 0 bridgehead atoms. The number of halogens is 3. The van der Waals surface area contributed by atoms with Crippen molar-refractivity contribution in [2.75, 3.05) is 0 Å². The van der Waals surface area contributed by atoms with Crippen molar-refractivity contribution in [3.63, 3.8) is 0 Å². The quantitative estimate of drug-likeness (QED) is 0.435. The molecule has 0 saturated heterocycles. The van der Waals surface area contributed by atoms with Crippen LogP contribution in [-0.4, -0.2) is 17.3 Å². The van der Waals surface area contributed by atoms with Gasteiger partial charge in [0.2, 0.25) is 0 Å². The van der Waals surface area contributed by atoms with Crippen molar-refractivity contribution in [1.29, 1.82) is 0 Å². The van der Waals surface area contributed by atoms with Crippen LogP contribution in [0.4, 0.5) is 13.2 Å². The zero-order chi connectivity index (χ0) is 16.4. The highest BCUT2D eigenvalue weighted by Gasteiger charge is 2.42. The molecule has 0 saturated carbocycles. The fourth-order valence-electron chi connectivity index (χ4n) is 2.29. The molecule has 1 atom stereocenters. The van der Waals surface area contributed by atoms with Crippen molar-refractivity contribution in [3.05, 3.63) is 0 Å². The summed E-state index contributed by atoms with van der Waals surface area (Å²) in [6.07, 6.45) is 3.51. The minimum absolute atomic E-state index is 0.261. The molecule has 2 nitrogen and oxygen atoms in total. The summed E-state index contributed by atoms with van der Waals surface area (Å²) in [5, 5.41) is -0.261. The summed E-state index contributed by atoms with van der Waals surface area (Å²) in [5.74, 6) is -2.05. The molecule has 0 aromatic carbocycles. The van der Waals surface area contributed by atoms with Gasteiger partial charge in [-0.3, -0.25) is 0 Å². The number of hydrogen-bond donors (Lipinski definition) is 0. The highest BCUT2D eigenvalue weighted by Crippen LogP contribution is 2.46. The van der Waals surface area contributed by atoms with Crippen LogP contribution in [0.5, 0.6) is 0 Å². The van der Waals surface area contributed by atoms with Gasteiger partial charge in [-0.05, 0) is 19.3 Å². The number of rotatable bonds is 11. The van der Waals surface area contributed by atoms with E-state index >= 15 is 0 Å². The normalized spacial score (nSPS) is 13.0. The lowest BCUT2D eigenvalue weighted by molar-refractivity contribution is -0.188. The van der Waals surface area contributed by atoms with Gasteiger partial charge in [0.05, 0.1) is 8.81 Å². The number of hydrogen-bond acceptors (Lipinski definition) is 2. The van der Waals surface area contributed by atoms with Crippen molar-refractivity contribution in [3.8, 4) is 0 Å². The predicted octanol–water partition coefficient (Wildman–Crippen LogP) is 5.99. The Kier molecular flexibility index (Phi) is 10.3. The zero-order valence-electron chi connectivity index (χ0n) is 13.3. The first-order chi connectivity index (χ1) is 9.81. The SMILES string of the molecule is CCCCC(CCCC)(CCCC)POC(=O)C(F)(F)F. The van der Waals surface area contributed by atoms with E-state index in [2.05, 4.69) is 25.3 Å². The van der Waals surface area contributed by atoms with Crippen molar-refractivity contribution in [1.82, 2.24) is 0 Å². The summed E-state index contributed by atoms with van der Waals surface area (Å²) in [4.78, 5) is 11.0. The van der Waals surface area contributed by atoms with E-state index in [9.17, 15) is 18.0 Å². The number of carbonyl (C=O) groups excluding carboxylic acids is 1. The highest BCUT2D eigenvalue weighted by molar-refractivity contribution is 7.35. The van der Waals surface area contributed by atoms with E-state index in [1.165, 1.54) is 0 Å². The van der Waals surface area contributed by atoms with Crippen LogP contribution in [-0.2, 0) is 9.32 Å². The predicted molar refractivity (Wildman–Crippen MR) is 81.8 cm³/mol. The lowest BCUT2D eigenvalue weighted by atomic mass is 9.90. The molecule has 1 unspecified atom stereocenters. The average molecular weight is 328 g/mol. The molecule has 6 heteroatoms. The first-order valence-electron chi connectivity index (χ1n) is 7.86. The lowest BCUT2D eigenvalue weighted by Gasteiger charge is -2.33. The molecule has 126 valence electrons. The van der Waals surface area contributed by atoms with Gasteiger partial charge in [0, 0.05) is 5.16 Å². The van der Waals surface area contributed by atoms with Gasteiger partial charge < -0.3 is 4.52 Å². The minimum atomic E-state index is -4.89. The van der Waals surface area contributed by atoms with Crippen molar-refractivity contribution < 1.29 is 22.5 Å². The second-order valence-electron chi connectivity index (χ2n) is 5.58. The summed E-state index contributed by atoms with van der Waals surface area (Å²) in [6, 6.07) is 0. The Hall–Kier alpha value is -0.310. The van der Waals surface area contributed by atoms with Gasteiger partial charge in [0.25, 0.3) is 0 Å². The molecule has 0 heterocycles. The Labute approximate surface area is 128 Å². The maximum absolute atomic E-state index is 12.3. The molecule has 0 aromatic rings. The summed E-state index contributed by atoms with van der Waals surface area (Å²) in [5.41, 5.74) is 0. The molecule has 0 spiro atoms. The van der Waals surface area contributed by atoms with Crippen molar-refractivity contribution in [2.24, 2.45) is 0 Å². The average Bonchev–Trinajstić information content (AvgIpc) is 2.44. The van der Waals surface area contributed by atoms with Crippen LogP contribution in [0.1, 0.15) is 78.6 Å². The minimum Gasteiger partial charge on any atom is -0.441 e. The third-order valence-corrected chi connectivity index (χ3v) is 5.09. The molecular formula is C15H28F3O2P. The van der Waals surface area contributed by atoms with E-state index < -0.39 is 21.0 Å². The molecule has 0 aliphatic carbocycles. The first-order valence-corrected chi connectivity index (χ1v) is 8.77. The molecular weight excluding hydrogens is 300 g/mol. The fourth-order valence-corrected chi connectivity index (χ4v) is 3.55. The van der Waals surface area contributed by atoms with Gasteiger partial charge in [-0.2, -0.15) is 13.2 Å². The van der Waals surface area contributed by atoms with Gasteiger partial charge in [0.1, 0.15) is 0 Å². The number of alkyl halides is 3. The smallest absolute Gasteiger partial charge is 0.441 e. The monoisotopic (exact) mass is 328 g/mol. The van der Waals surface area contributed by atoms with Crippen molar-refractivity contribution in [2.45, 2.75) is 89.9 Å². The zero-order valence-corrected chi connectivity index (χ0v) is 14.3. The molecule has 0 fully saturated rings. The maximum atomic E-state index is 12.3. The van der Waals surface area contributed by atoms with Crippen LogP contribution in [0, 0.1) is 0 Å². The van der Waals surface area contributed by atoms with Crippen molar-refractivity contribution >= 4 is 14.8 Å². The summed E-state index contributed by atoms with van der Waals surface area (Å²) < 4.78 is 41.6. The first kappa shape index (κ1) is 20.7. The van der Waals surface area contributed by atoms with Gasteiger partial charge in [-0.15, -0.1) is 0 Å². The van der Waals surface area contributed by atoms with Crippen LogP contribution in [0.2, 0.25) is 0 Å². The van der Waals surface area contributed by atoms with E-state index in [0.717, 1.165) is 57.8 Å². The van der Waals surface area contributed by atoms with Gasteiger partial charge in [-0.25, -0.2) is 4.79 Å². The van der Waals surface area contributed by atoms with Crippen LogP contribution in [0.25, 0.3) is 0 Å². The van der Waals surface area contributed by atoms with Gasteiger partial charge in [-0.1, -0.05) is 59.3 Å². The van der Waals surface area contributed by atoms with Crippen LogP contribution in [0.15, 0.2) is 0 Å². The van der Waals surface area contributed by atoms with Crippen LogP contribution in [0.3, 0.4) is 0 Å². The summed E-state index contributed by atoms with van der Waals surface area (Å²) in [7, 11) is -0.393. The molecule has 0 N–H and O–H groups in total. The Morgan fingerprint density at radius 3 is 1.57 bits per heavy atom. The molecule has 0 amide bonds.